The molecule has 35 heavy (non-hydrogen) atoms. The zero-order valence-electron chi connectivity index (χ0n) is 20.0. The van der Waals surface area contributed by atoms with E-state index in [9.17, 15) is 4.79 Å². The summed E-state index contributed by atoms with van der Waals surface area (Å²) in [5, 5.41) is 15.2. The molecular formula is C27H25N5OS2. The number of hydrogen-bond acceptors (Lipinski definition) is 5. The van der Waals surface area contributed by atoms with Crippen LogP contribution in [0.5, 0.6) is 0 Å². The summed E-state index contributed by atoms with van der Waals surface area (Å²) >= 11 is 2.91. The van der Waals surface area contributed by atoms with Crippen LogP contribution in [0, 0.1) is 33.1 Å². The van der Waals surface area contributed by atoms with E-state index in [2.05, 4.69) is 65.8 Å². The minimum Gasteiger partial charge on any atom is -0.318 e. The molecule has 2 aliphatic heterocycles. The Morgan fingerprint density at radius 1 is 1.06 bits per heavy atom. The number of hydrazone groups is 1. The molecule has 176 valence electrons. The number of nitrogens with one attached hydrogen (secondary N) is 1. The quantitative estimate of drug-likeness (QED) is 0.433. The lowest BCUT2D eigenvalue weighted by atomic mass is 10.1. The van der Waals surface area contributed by atoms with Gasteiger partial charge >= 0.3 is 0 Å². The molecule has 0 fully saturated rings. The van der Waals surface area contributed by atoms with Crippen LogP contribution in [0.25, 0.3) is 11.8 Å². The number of thioether (sulfide) groups is 2. The van der Waals surface area contributed by atoms with Gasteiger partial charge in [-0.1, -0.05) is 54.2 Å². The average Bonchev–Trinajstić information content (AvgIpc) is 3.38. The zero-order valence-corrected chi connectivity index (χ0v) is 21.6. The first-order valence-corrected chi connectivity index (χ1v) is 13.1. The molecule has 0 saturated carbocycles. The molecule has 0 atom stereocenters. The maximum atomic E-state index is 12.9. The first-order valence-electron chi connectivity index (χ1n) is 11.3. The molecule has 0 spiro atoms. The van der Waals surface area contributed by atoms with Gasteiger partial charge < -0.3 is 4.57 Å². The molecule has 3 heterocycles. The van der Waals surface area contributed by atoms with Crippen molar-refractivity contribution in [3.8, 4) is 5.69 Å². The van der Waals surface area contributed by atoms with Crippen molar-refractivity contribution >= 4 is 50.9 Å². The Hall–Kier alpha value is -3.36. The number of aliphatic imine (C=N–C) groups is 1. The van der Waals surface area contributed by atoms with Gasteiger partial charge in [-0.25, -0.2) is 0 Å². The molecule has 0 saturated heterocycles. The van der Waals surface area contributed by atoms with Crippen molar-refractivity contribution in [2.24, 2.45) is 10.1 Å². The van der Waals surface area contributed by atoms with Crippen molar-refractivity contribution in [2.75, 3.05) is 0 Å². The number of aryl methyl sites for hydroxylation is 2. The van der Waals surface area contributed by atoms with Gasteiger partial charge in [-0.05, 0) is 79.9 Å². The Bertz CT molecular complexity index is 1450. The molecule has 2 aliphatic rings. The van der Waals surface area contributed by atoms with Crippen molar-refractivity contribution in [2.45, 2.75) is 33.4 Å². The summed E-state index contributed by atoms with van der Waals surface area (Å²) < 4.78 is 2.97. The second-order valence-electron chi connectivity index (χ2n) is 8.54. The Kier molecular flexibility index (Phi) is 6.25. The van der Waals surface area contributed by atoms with Crippen LogP contribution in [-0.4, -0.2) is 30.9 Å². The van der Waals surface area contributed by atoms with E-state index in [1.807, 2.05) is 31.2 Å². The molecular weight excluding hydrogens is 474 g/mol. The molecule has 1 N–H and O–H groups in total. The van der Waals surface area contributed by atoms with Crippen LogP contribution < -0.4 is 0 Å². The van der Waals surface area contributed by atoms with Gasteiger partial charge in [0.2, 0.25) is 5.17 Å². The van der Waals surface area contributed by atoms with Crippen molar-refractivity contribution in [3.05, 3.63) is 93.8 Å². The fraction of sp³-hybridized carbons (Fsp3) is 0.185. The van der Waals surface area contributed by atoms with Gasteiger partial charge in [0.25, 0.3) is 5.91 Å². The molecule has 5 rings (SSSR count). The van der Waals surface area contributed by atoms with E-state index < -0.39 is 5.91 Å². The number of fused-ring (bicyclic) bond motifs is 1. The molecule has 1 amide bonds. The first-order chi connectivity index (χ1) is 16.8. The summed E-state index contributed by atoms with van der Waals surface area (Å²) in [7, 11) is 0. The number of aromatic nitrogens is 1. The van der Waals surface area contributed by atoms with E-state index in [0.717, 1.165) is 32.8 Å². The number of amidine groups is 2. The molecule has 0 radical (unpaired) electrons. The number of carbonyl (C=O) groups excluding carboxylic acids is 1. The average molecular weight is 500 g/mol. The summed E-state index contributed by atoms with van der Waals surface area (Å²) in [6.45, 7) is 8.32. The van der Waals surface area contributed by atoms with Gasteiger partial charge in [-0.15, -0.1) is 5.10 Å². The Morgan fingerprint density at radius 3 is 2.60 bits per heavy atom. The summed E-state index contributed by atoms with van der Waals surface area (Å²) in [5.74, 6) is 0.413. The molecule has 3 aromatic rings. The standard InChI is InChI=1S/C27H25N5OS2/c1-16-9-8-12-23(18(16)3)31-17(2)13-21(19(31)4)14-22-24(28)32-26(29-25(22)33)35-27(30-32)34-15-20-10-6-5-7-11-20/h5-14,28H,15H2,1-4H3/b22-14-,28-24?. The van der Waals surface area contributed by atoms with Crippen LogP contribution in [0.15, 0.2) is 70.3 Å². The molecule has 0 aliphatic carbocycles. The third-order valence-electron chi connectivity index (χ3n) is 6.23. The number of benzene rings is 2. The highest BCUT2D eigenvalue weighted by Gasteiger charge is 2.36. The second-order valence-corrected chi connectivity index (χ2v) is 10.7. The number of amides is 1. The summed E-state index contributed by atoms with van der Waals surface area (Å²) in [6.07, 6.45) is 1.77. The Balaban J connectivity index is 1.43. The number of hydrogen-bond donors (Lipinski definition) is 1. The summed E-state index contributed by atoms with van der Waals surface area (Å²) in [6, 6.07) is 18.5. The smallest absolute Gasteiger partial charge is 0.283 e. The maximum absolute atomic E-state index is 12.9. The lowest BCUT2D eigenvalue weighted by Gasteiger charge is -2.20. The molecule has 6 nitrogen and oxygen atoms in total. The number of rotatable bonds is 4. The number of carbonyl (C=O) groups is 1. The van der Waals surface area contributed by atoms with E-state index in [1.165, 1.54) is 33.5 Å². The normalized spacial score (nSPS) is 16.6. The largest absolute Gasteiger partial charge is 0.318 e. The lowest BCUT2D eigenvalue weighted by molar-refractivity contribution is -0.114. The highest BCUT2D eigenvalue weighted by molar-refractivity contribution is 8.45. The highest BCUT2D eigenvalue weighted by Crippen LogP contribution is 2.34. The molecule has 2 aromatic carbocycles. The van der Waals surface area contributed by atoms with Gasteiger partial charge in [0.05, 0.1) is 5.57 Å². The van der Waals surface area contributed by atoms with E-state index in [1.54, 1.807) is 17.8 Å². The van der Waals surface area contributed by atoms with Crippen molar-refractivity contribution in [1.29, 1.82) is 5.41 Å². The van der Waals surface area contributed by atoms with E-state index >= 15 is 0 Å². The minimum absolute atomic E-state index is 0.0550. The Labute approximate surface area is 213 Å². The predicted molar refractivity (Wildman–Crippen MR) is 147 cm³/mol. The number of nitrogens with zero attached hydrogens (tertiary/aromatic N) is 4. The van der Waals surface area contributed by atoms with Crippen LogP contribution in [0.4, 0.5) is 0 Å². The van der Waals surface area contributed by atoms with Gasteiger partial charge in [0, 0.05) is 22.8 Å². The summed E-state index contributed by atoms with van der Waals surface area (Å²) in [4.78, 5) is 17.2. The maximum Gasteiger partial charge on any atom is 0.283 e. The third-order valence-corrected chi connectivity index (χ3v) is 8.34. The van der Waals surface area contributed by atoms with Crippen molar-refractivity contribution < 1.29 is 4.79 Å². The van der Waals surface area contributed by atoms with E-state index in [0.29, 0.717) is 5.17 Å². The fourth-order valence-corrected chi connectivity index (χ4v) is 6.07. The fourth-order valence-electron chi connectivity index (χ4n) is 4.19. The first kappa shape index (κ1) is 23.4. The molecule has 0 bridgehead atoms. The van der Waals surface area contributed by atoms with Crippen molar-refractivity contribution in [1.82, 2.24) is 9.58 Å². The predicted octanol–water partition coefficient (Wildman–Crippen LogP) is 6.22. The van der Waals surface area contributed by atoms with E-state index in [4.69, 9.17) is 5.41 Å². The van der Waals surface area contributed by atoms with Crippen LogP contribution in [0.3, 0.4) is 0 Å². The van der Waals surface area contributed by atoms with Crippen LogP contribution in [0.1, 0.15) is 33.6 Å². The van der Waals surface area contributed by atoms with Gasteiger partial charge in [0.1, 0.15) is 0 Å². The monoisotopic (exact) mass is 499 g/mol. The molecule has 8 heteroatoms. The van der Waals surface area contributed by atoms with Crippen LogP contribution in [-0.2, 0) is 10.5 Å². The van der Waals surface area contributed by atoms with Gasteiger partial charge in [-0.2, -0.15) is 10.0 Å². The molecule has 1 aromatic heterocycles. The second kappa shape index (κ2) is 9.36. The van der Waals surface area contributed by atoms with Crippen LogP contribution in [0.2, 0.25) is 0 Å². The van der Waals surface area contributed by atoms with E-state index in [-0.39, 0.29) is 11.4 Å². The highest BCUT2D eigenvalue weighted by atomic mass is 32.2. The third kappa shape index (κ3) is 4.39. The summed E-state index contributed by atoms with van der Waals surface area (Å²) in [5.41, 5.74) is 7.97. The lowest BCUT2D eigenvalue weighted by Crippen LogP contribution is -2.35. The SMILES string of the molecule is Cc1cccc(-n2c(C)cc(/C=C3/C(=N)N4N=C(SCc5ccccc5)SC4=NC3=O)c2C)c1C. The minimum atomic E-state index is -0.408. The van der Waals surface area contributed by atoms with Gasteiger partial charge in [0.15, 0.2) is 10.2 Å². The zero-order chi connectivity index (χ0) is 24.7. The Morgan fingerprint density at radius 2 is 1.83 bits per heavy atom. The topological polar surface area (TPSA) is 73.8 Å². The molecule has 0 unspecified atom stereocenters. The van der Waals surface area contributed by atoms with Crippen LogP contribution >= 0.6 is 23.5 Å². The van der Waals surface area contributed by atoms with Gasteiger partial charge in [-0.3, -0.25) is 10.2 Å². The van der Waals surface area contributed by atoms with Crippen molar-refractivity contribution in [3.63, 3.8) is 0 Å².